The Hall–Kier alpha value is -0.650. The molecule has 0 radical (unpaired) electrons. The number of rotatable bonds is 6. The van der Waals surface area contributed by atoms with E-state index in [0.717, 1.165) is 12.8 Å². The van der Waals surface area contributed by atoms with Crippen molar-refractivity contribution in [2.45, 2.75) is 70.9 Å². The molecule has 106 valence electrons. The minimum Gasteiger partial charge on any atom is -0.462 e. The van der Waals surface area contributed by atoms with Crippen LogP contribution < -0.4 is 0 Å². The predicted octanol–water partition coefficient (Wildman–Crippen LogP) is 1.62. The molecule has 4 unspecified atom stereocenters. The standard InChI is InChI=1S/C13H24O5/c1-4-11-6-12(17-8-16-11)7-13(5-9(2)14)18-10(3)15/h9,11-14H,4-8H2,1-3H3. The predicted molar refractivity (Wildman–Crippen MR) is 66.0 cm³/mol. The Morgan fingerprint density at radius 1 is 1.44 bits per heavy atom. The monoisotopic (exact) mass is 260 g/mol. The highest BCUT2D eigenvalue weighted by molar-refractivity contribution is 5.66. The molecule has 0 aromatic heterocycles. The Morgan fingerprint density at radius 2 is 2.11 bits per heavy atom. The SMILES string of the molecule is CCC1CC(CC(CC(C)O)OC(C)=O)OCO1. The molecule has 1 N–H and O–H groups in total. The molecule has 0 bridgehead atoms. The molecule has 1 fully saturated rings. The van der Waals surface area contributed by atoms with Crippen molar-refractivity contribution in [2.75, 3.05) is 6.79 Å². The van der Waals surface area contributed by atoms with Crippen molar-refractivity contribution < 1.29 is 24.1 Å². The summed E-state index contributed by atoms with van der Waals surface area (Å²) in [5.41, 5.74) is 0. The molecule has 1 rings (SSSR count). The average Bonchev–Trinajstić information content (AvgIpc) is 2.27. The van der Waals surface area contributed by atoms with Crippen LogP contribution in [0.4, 0.5) is 0 Å². The highest BCUT2D eigenvalue weighted by Crippen LogP contribution is 2.22. The van der Waals surface area contributed by atoms with Gasteiger partial charge in [-0.2, -0.15) is 0 Å². The van der Waals surface area contributed by atoms with Crippen LogP contribution in [-0.2, 0) is 19.0 Å². The van der Waals surface area contributed by atoms with Crippen LogP contribution in [0.25, 0.3) is 0 Å². The number of hydrogen-bond acceptors (Lipinski definition) is 5. The van der Waals surface area contributed by atoms with Gasteiger partial charge in [0.1, 0.15) is 12.9 Å². The third-order valence-corrected chi connectivity index (χ3v) is 3.05. The molecule has 0 amide bonds. The van der Waals surface area contributed by atoms with Crippen molar-refractivity contribution in [3.05, 3.63) is 0 Å². The van der Waals surface area contributed by atoms with Gasteiger partial charge < -0.3 is 19.3 Å². The van der Waals surface area contributed by atoms with Gasteiger partial charge in [-0.15, -0.1) is 0 Å². The van der Waals surface area contributed by atoms with Gasteiger partial charge in [0, 0.05) is 26.2 Å². The first-order valence-corrected chi connectivity index (χ1v) is 6.59. The van der Waals surface area contributed by atoms with Crippen LogP contribution in [0.15, 0.2) is 0 Å². The van der Waals surface area contributed by atoms with Crippen molar-refractivity contribution in [3.8, 4) is 0 Å². The third kappa shape index (κ3) is 5.80. The van der Waals surface area contributed by atoms with E-state index >= 15 is 0 Å². The van der Waals surface area contributed by atoms with E-state index in [4.69, 9.17) is 14.2 Å². The van der Waals surface area contributed by atoms with E-state index in [-0.39, 0.29) is 24.3 Å². The second-order valence-electron chi connectivity index (χ2n) is 4.89. The fraction of sp³-hybridized carbons (Fsp3) is 0.923. The first-order chi connectivity index (χ1) is 8.51. The Bertz CT molecular complexity index is 254. The molecular weight excluding hydrogens is 236 g/mol. The van der Waals surface area contributed by atoms with Crippen molar-refractivity contribution in [2.24, 2.45) is 0 Å². The van der Waals surface area contributed by atoms with Gasteiger partial charge in [-0.05, 0) is 13.3 Å². The van der Waals surface area contributed by atoms with Crippen LogP contribution in [0.3, 0.4) is 0 Å². The number of aliphatic hydroxyl groups is 1. The minimum atomic E-state index is -0.490. The van der Waals surface area contributed by atoms with Crippen molar-refractivity contribution >= 4 is 5.97 Å². The smallest absolute Gasteiger partial charge is 0.302 e. The molecule has 0 spiro atoms. The largest absolute Gasteiger partial charge is 0.462 e. The van der Waals surface area contributed by atoms with Gasteiger partial charge in [0.05, 0.1) is 18.3 Å². The molecule has 1 saturated heterocycles. The number of hydrogen-bond donors (Lipinski definition) is 1. The summed E-state index contributed by atoms with van der Waals surface area (Å²) < 4.78 is 16.1. The molecule has 4 atom stereocenters. The van der Waals surface area contributed by atoms with E-state index in [0.29, 0.717) is 19.6 Å². The Morgan fingerprint density at radius 3 is 2.67 bits per heavy atom. The molecule has 0 aromatic rings. The van der Waals surface area contributed by atoms with E-state index in [9.17, 15) is 9.90 Å². The summed E-state index contributed by atoms with van der Waals surface area (Å²) in [6.07, 6.45) is 2.30. The Kier molecular flexibility index (Phi) is 6.60. The summed E-state index contributed by atoms with van der Waals surface area (Å²) in [5, 5.41) is 9.41. The van der Waals surface area contributed by atoms with Gasteiger partial charge >= 0.3 is 5.97 Å². The van der Waals surface area contributed by atoms with Gasteiger partial charge in [-0.25, -0.2) is 0 Å². The van der Waals surface area contributed by atoms with E-state index in [1.807, 2.05) is 0 Å². The van der Waals surface area contributed by atoms with Gasteiger partial charge in [0.25, 0.3) is 0 Å². The number of ether oxygens (including phenoxy) is 3. The van der Waals surface area contributed by atoms with Crippen LogP contribution in [0, 0.1) is 0 Å². The lowest BCUT2D eigenvalue weighted by atomic mass is 10.00. The van der Waals surface area contributed by atoms with Gasteiger partial charge in [-0.3, -0.25) is 4.79 Å². The molecule has 5 nitrogen and oxygen atoms in total. The maximum Gasteiger partial charge on any atom is 0.302 e. The normalized spacial score (nSPS) is 27.6. The second-order valence-corrected chi connectivity index (χ2v) is 4.89. The molecule has 1 heterocycles. The van der Waals surface area contributed by atoms with Gasteiger partial charge in [0.15, 0.2) is 0 Å². The van der Waals surface area contributed by atoms with Gasteiger partial charge in [0.2, 0.25) is 0 Å². The van der Waals surface area contributed by atoms with E-state index in [2.05, 4.69) is 6.92 Å². The summed E-state index contributed by atoms with van der Waals surface area (Å²) in [7, 11) is 0. The highest BCUT2D eigenvalue weighted by Gasteiger charge is 2.26. The summed E-state index contributed by atoms with van der Waals surface area (Å²) >= 11 is 0. The van der Waals surface area contributed by atoms with Crippen molar-refractivity contribution in [3.63, 3.8) is 0 Å². The summed E-state index contributed by atoms with van der Waals surface area (Å²) in [4.78, 5) is 11.0. The molecular formula is C13H24O5. The number of carbonyl (C=O) groups is 1. The molecule has 1 aliphatic heterocycles. The lowest BCUT2D eigenvalue weighted by Crippen LogP contribution is -2.35. The topological polar surface area (TPSA) is 65.0 Å². The maximum absolute atomic E-state index is 11.0. The van der Waals surface area contributed by atoms with Gasteiger partial charge in [-0.1, -0.05) is 6.92 Å². The molecule has 0 aromatic carbocycles. The molecule has 5 heteroatoms. The molecule has 18 heavy (non-hydrogen) atoms. The number of carbonyl (C=O) groups excluding carboxylic acids is 1. The zero-order valence-electron chi connectivity index (χ0n) is 11.4. The van der Waals surface area contributed by atoms with Crippen LogP contribution in [0.5, 0.6) is 0 Å². The summed E-state index contributed by atoms with van der Waals surface area (Å²) in [6, 6.07) is 0. The highest BCUT2D eigenvalue weighted by atomic mass is 16.7. The summed E-state index contributed by atoms with van der Waals surface area (Å²) in [6.45, 7) is 5.45. The van der Waals surface area contributed by atoms with Crippen LogP contribution >= 0.6 is 0 Å². The Balaban J connectivity index is 2.45. The fourth-order valence-electron chi connectivity index (χ4n) is 2.21. The lowest BCUT2D eigenvalue weighted by molar-refractivity contribution is -0.186. The first-order valence-electron chi connectivity index (χ1n) is 6.59. The molecule has 0 saturated carbocycles. The molecule has 1 aliphatic rings. The van der Waals surface area contributed by atoms with E-state index in [1.165, 1.54) is 6.92 Å². The maximum atomic E-state index is 11.0. The first kappa shape index (κ1) is 15.4. The number of esters is 1. The Labute approximate surface area is 108 Å². The zero-order chi connectivity index (χ0) is 13.5. The fourth-order valence-corrected chi connectivity index (χ4v) is 2.21. The van der Waals surface area contributed by atoms with E-state index < -0.39 is 6.10 Å². The number of aliphatic hydroxyl groups excluding tert-OH is 1. The van der Waals surface area contributed by atoms with E-state index in [1.54, 1.807) is 6.92 Å². The van der Waals surface area contributed by atoms with Crippen molar-refractivity contribution in [1.29, 1.82) is 0 Å². The molecule has 0 aliphatic carbocycles. The summed E-state index contributed by atoms with van der Waals surface area (Å²) in [5.74, 6) is -0.320. The second kappa shape index (κ2) is 7.71. The van der Waals surface area contributed by atoms with Crippen LogP contribution in [0.1, 0.15) is 46.5 Å². The van der Waals surface area contributed by atoms with Crippen molar-refractivity contribution in [1.82, 2.24) is 0 Å². The van der Waals surface area contributed by atoms with Crippen LogP contribution in [0.2, 0.25) is 0 Å². The van der Waals surface area contributed by atoms with Crippen LogP contribution in [-0.4, -0.2) is 42.3 Å². The zero-order valence-corrected chi connectivity index (χ0v) is 11.4. The average molecular weight is 260 g/mol. The minimum absolute atomic E-state index is 0.0341. The lowest BCUT2D eigenvalue weighted by Gasteiger charge is -2.31. The third-order valence-electron chi connectivity index (χ3n) is 3.05. The quantitative estimate of drug-likeness (QED) is 0.735.